The van der Waals surface area contributed by atoms with Crippen molar-refractivity contribution in [3.05, 3.63) is 58.1 Å². The first kappa shape index (κ1) is 31.3. The quantitative estimate of drug-likeness (QED) is 0.271. The maximum absolute atomic E-state index is 13.6. The van der Waals surface area contributed by atoms with Crippen LogP contribution >= 0.6 is 11.3 Å². The first-order chi connectivity index (χ1) is 19.7. The third-order valence-corrected chi connectivity index (χ3v) is 8.33. The number of aryl methyl sites for hydroxylation is 1. The highest BCUT2D eigenvalue weighted by atomic mass is 32.1. The van der Waals surface area contributed by atoms with E-state index in [0.29, 0.717) is 22.0 Å². The van der Waals surface area contributed by atoms with E-state index in [1.807, 2.05) is 12.1 Å². The average molecular weight is 595 g/mol. The minimum atomic E-state index is -0.664. The van der Waals surface area contributed by atoms with Crippen LogP contribution in [0.4, 0.5) is 15.3 Å². The maximum Gasteiger partial charge on any atom is 0.411 e. The van der Waals surface area contributed by atoms with Gasteiger partial charge in [-0.3, -0.25) is 10.1 Å². The van der Waals surface area contributed by atoms with Gasteiger partial charge in [-0.05, 0) is 93.7 Å². The van der Waals surface area contributed by atoms with Crippen LogP contribution in [0.3, 0.4) is 0 Å². The Hall–Kier alpha value is -3.66. The van der Waals surface area contributed by atoms with Gasteiger partial charge in [-0.25, -0.2) is 14.6 Å². The fraction of sp³-hybridized carbons (Fsp3) is 0.500. The van der Waals surface area contributed by atoms with E-state index >= 15 is 0 Å². The number of nitrogens with zero attached hydrogens (tertiary/aromatic N) is 1. The van der Waals surface area contributed by atoms with Gasteiger partial charge in [0.15, 0.2) is 0 Å². The SMILES string of the molecule is CCOC(=O)Nc1cccc(C(CNC(=O)OC(C)(C)C)NC(=O)c2cc3cc4c(nc3s2)CCC(C(C)(C)C)C4)c1. The second-order valence-corrected chi connectivity index (χ2v) is 13.8. The summed E-state index contributed by atoms with van der Waals surface area (Å²) in [7, 11) is 0. The molecule has 3 N–H and O–H groups in total. The Morgan fingerprint density at radius 3 is 2.52 bits per heavy atom. The molecule has 0 saturated heterocycles. The van der Waals surface area contributed by atoms with Crippen molar-refractivity contribution in [2.75, 3.05) is 18.5 Å². The molecule has 10 heteroatoms. The maximum atomic E-state index is 13.6. The molecule has 0 spiro atoms. The summed E-state index contributed by atoms with van der Waals surface area (Å²) in [6, 6.07) is 10.5. The molecular formula is C32H42N4O5S. The highest BCUT2D eigenvalue weighted by Gasteiger charge is 2.30. The molecule has 4 rings (SSSR count). The zero-order valence-corrected chi connectivity index (χ0v) is 26.4. The summed E-state index contributed by atoms with van der Waals surface area (Å²) in [6.07, 6.45) is 1.89. The number of hydrogen-bond acceptors (Lipinski definition) is 7. The number of benzene rings is 1. The van der Waals surface area contributed by atoms with Crippen molar-refractivity contribution >= 4 is 45.3 Å². The van der Waals surface area contributed by atoms with Gasteiger partial charge in [0, 0.05) is 23.3 Å². The monoisotopic (exact) mass is 594 g/mol. The van der Waals surface area contributed by atoms with E-state index in [0.717, 1.165) is 35.2 Å². The number of pyridine rings is 1. The number of aromatic nitrogens is 1. The summed E-state index contributed by atoms with van der Waals surface area (Å²) in [6.45, 7) is 14.3. The Kier molecular flexibility index (Phi) is 9.45. The predicted molar refractivity (Wildman–Crippen MR) is 166 cm³/mol. The molecule has 0 radical (unpaired) electrons. The van der Waals surface area contributed by atoms with Gasteiger partial charge in [-0.15, -0.1) is 11.3 Å². The van der Waals surface area contributed by atoms with Gasteiger partial charge in [-0.1, -0.05) is 32.9 Å². The molecule has 2 atom stereocenters. The van der Waals surface area contributed by atoms with Gasteiger partial charge in [-0.2, -0.15) is 0 Å². The molecule has 0 aliphatic heterocycles. The lowest BCUT2D eigenvalue weighted by molar-refractivity contribution is 0.0520. The van der Waals surface area contributed by atoms with E-state index < -0.39 is 23.8 Å². The zero-order valence-electron chi connectivity index (χ0n) is 25.6. The van der Waals surface area contributed by atoms with Crippen molar-refractivity contribution in [2.45, 2.75) is 79.4 Å². The van der Waals surface area contributed by atoms with Crippen LogP contribution in [-0.2, 0) is 22.3 Å². The first-order valence-electron chi connectivity index (χ1n) is 14.5. The lowest BCUT2D eigenvalue weighted by atomic mass is 9.71. The fourth-order valence-corrected chi connectivity index (χ4v) is 6.01. The Labute approximate surface area is 251 Å². The van der Waals surface area contributed by atoms with Crippen LogP contribution in [0.1, 0.15) is 87.4 Å². The molecule has 3 aromatic rings. The van der Waals surface area contributed by atoms with Crippen LogP contribution in [0, 0.1) is 11.3 Å². The number of fused-ring (bicyclic) bond motifs is 2. The normalized spacial score (nSPS) is 15.8. The number of carbonyl (C=O) groups excluding carboxylic acids is 3. The molecule has 1 aromatic carbocycles. The molecule has 2 aromatic heterocycles. The van der Waals surface area contributed by atoms with Gasteiger partial charge in [0.05, 0.1) is 17.5 Å². The summed E-state index contributed by atoms with van der Waals surface area (Å²) < 4.78 is 10.4. The second-order valence-electron chi connectivity index (χ2n) is 12.8. The number of hydrogen-bond donors (Lipinski definition) is 3. The van der Waals surface area contributed by atoms with E-state index in [1.54, 1.807) is 45.9 Å². The molecule has 0 saturated carbocycles. The Morgan fingerprint density at radius 2 is 1.83 bits per heavy atom. The molecular weight excluding hydrogens is 552 g/mol. The molecule has 2 unspecified atom stereocenters. The van der Waals surface area contributed by atoms with Crippen molar-refractivity contribution in [3.8, 4) is 0 Å². The summed E-state index contributed by atoms with van der Waals surface area (Å²) in [5, 5.41) is 9.46. The molecule has 1 aliphatic carbocycles. The number of nitrogens with one attached hydrogen (secondary N) is 3. The summed E-state index contributed by atoms with van der Waals surface area (Å²) in [5.74, 6) is 0.321. The molecule has 226 valence electrons. The lowest BCUT2D eigenvalue weighted by Gasteiger charge is -2.34. The van der Waals surface area contributed by atoms with Crippen LogP contribution < -0.4 is 16.0 Å². The van der Waals surface area contributed by atoms with E-state index in [1.165, 1.54) is 16.9 Å². The van der Waals surface area contributed by atoms with Gasteiger partial charge in [0.1, 0.15) is 10.4 Å². The van der Waals surface area contributed by atoms with Gasteiger partial charge in [0.2, 0.25) is 0 Å². The van der Waals surface area contributed by atoms with Crippen molar-refractivity contribution < 1.29 is 23.9 Å². The number of rotatable bonds is 7. The molecule has 3 amide bonds. The first-order valence-corrected chi connectivity index (χ1v) is 15.3. The Balaban J connectivity index is 1.56. The highest BCUT2D eigenvalue weighted by molar-refractivity contribution is 7.20. The third kappa shape index (κ3) is 8.21. The van der Waals surface area contributed by atoms with E-state index in [-0.39, 0.29) is 24.5 Å². The largest absolute Gasteiger partial charge is 0.450 e. The van der Waals surface area contributed by atoms with Crippen molar-refractivity contribution in [2.24, 2.45) is 11.3 Å². The van der Waals surface area contributed by atoms with Crippen LogP contribution in [-0.4, -0.2) is 41.8 Å². The van der Waals surface area contributed by atoms with Gasteiger partial charge >= 0.3 is 12.2 Å². The number of alkyl carbamates (subject to hydrolysis) is 1. The number of carbonyl (C=O) groups is 3. The summed E-state index contributed by atoms with van der Waals surface area (Å²) in [5.41, 5.74) is 3.16. The molecule has 1 aliphatic rings. The molecule has 42 heavy (non-hydrogen) atoms. The topological polar surface area (TPSA) is 119 Å². The average Bonchev–Trinajstić information content (AvgIpc) is 3.31. The van der Waals surface area contributed by atoms with Crippen molar-refractivity contribution in [1.29, 1.82) is 0 Å². The number of thiophene rings is 1. The Bertz CT molecular complexity index is 1450. The number of anilines is 1. The number of amides is 3. The third-order valence-electron chi connectivity index (χ3n) is 7.29. The molecule has 2 heterocycles. The smallest absolute Gasteiger partial charge is 0.411 e. The Morgan fingerprint density at radius 1 is 1.07 bits per heavy atom. The van der Waals surface area contributed by atoms with Crippen LogP contribution in [0.5, 0.6) is 0 Å². The van der Waals surface area contributed by atoms with Crippen molar-refractivity contribution in [1.82, 2.24) is 15.6 Å². The van der Waals surface area contributed by atoms with E-state index in [4.69, 9.17) is 14.5 Å². The molecule has 9 nitrogen and oxygen atoms in total. The van der Waals surface area contributed by atoms with Crippen molar-refractivity contribution in [3.63, 3.8) is 0 Å². The standard InChI is InChI=1S/C32H42N4O5S/c1-8-40-30(39)34-23-11-9-10-19(16-23)25(18-33-29(38)41-32(5,6)7)35-27(37)26-17-21-14-20-15-22(31(2,3)4)12-13-24(20)36-28(21)42-26/h9-11,14,16-17,22,25H,8,12-13,15,18H2,1-7H3,(H,33,38)(H,34,39)(H,35,37). The van der Waals surface area contributed by atoms with Crippen LogP contribution in [0.25, 0.3) is 10.2 Å². The summed E-state index contributed by atoms with van der Waals surface area (Å²) >= 11 is 1.36. The van der Waals surface area contributed by atoms with Gasteiger partial charge < -0.3 is 20.1 Å². The van der Waals surface area contributed by atoms with Gasteiger partial charge in [0.25, 0.3) is 5.91 Å². The summed E-state index contributed by atoms with van der Waals surface area (Å²) in [4.78, 5) is 44.3. The fourth-order valence-electron chi connectivity index (χ4n) is 5.07. The highest BCUT2D eigenvalue weighted by Crippen LogP contribution is 2.38. The molecule has 0 bridgehead atoms. The van der Waals surface area contributed by atoms with E-state index in [9.17, 15) is 14.4 Å². The van der Waals surface area contributed by atoms with Crippen LogP contribution in [0.2, 0.25) is 0 Å². The molecule has 0 fully saturated rings. The zero-order chi connectivity index (χ0) is 30.7. The minimum Gasteiger partial charge on any atom is -0.450 e. The lowest BCUT2D eigenvalue weighted by Crippen LogP contribution is -2.40. The predicted octanol–water partition coefficient (Wildman–Crippen LogP) is 7.01. The second kappa shape index (κ2) is 12.7. The minimum absolute atomic E-state index is 0.0785. The number of ether oxygens (including phenoxy) is 2. The van der Waals surface area contributed by atoms with Crippen LogP contribution in [0.15, 0.2) is 36.4 Å². The van der Waals surface area contributed by atoms with E-state index in [2.05, 4.69) is 42.8 Å².